The molecule has 1 unspecified atom stereocenters. The van der Waals surface area contributed by atoms with Crippen LogP contribution < -0.4 is 5.32 Å². The van der Waals surface area contributed by atoms with Crippen LogP contribution in [0.1, 0.15) is 38.3 Å². The Hall–Kier alpha value is -2.05. The molecular weight excluding hydrogens is 262 g/mol. The van der Waals surface area contributed by atoms with Crippen molar-refractivity contribution in [3.05, 3.63) is 17.8 Å². The van der Waals surface area contributed by atoms with E-state index in [9.17, 15) is 14.7 Å². The molecule has 7 nitrogen and oxygen atoms in total. The van der Waals surface area contributed by atoms with E-state index in [1.54, 1.807) is 13.1 Å². The van der Waals surface area contributed by atoms with E-state index in [0.29, 0.717) is 25.3 Å². The maximum Gasteiger partial charge on any atom is 0.329 e. The van der Waals surface area contributed by atoms with Crippen LogP contribution in [0.4, 0.5) is 4.79 Å². The maximum atomic E-state index is 12.1. The Labute approximate surface area is 117 Å². The van der Waals surface area contributed by atoms with Gasteiger partial charge in [0.25, 0.3) is 0 Å². The summed E-state index contributed by atoms with van der Waals surface area (Å²) in [5.41, 5.74) is -1.13. The third-order valence-corrected chi connectivity index (χ3v) is 3.69. The Kier molecular flexibility index (Phi) is 3.96. The Morgan fingerprint density at radius 3 is 2.95 bits per heavy atom. The average molecular weight is 281 g/mol. The molecule has 2 amide bonds. The topological polar surface area (TPSA) is 95.7 Å². The first kappa shape index (κ1) is 14.4. The number of likely N-dealkylation sites (tertiary alicyclic amines) is 1. The van der Waals surface area contributed by atoms with Crippen LogP contribution in [0.5, 0.6) is 0 Å². The number of hydrogen-bond acceptors (Lipinski definition) is 4. The van der Waals surface area contributed by atoms with Crippen molar-refractivity contribution in [3.63, 3.8) is 0 Å². The number of urea groups is 1. The molecule has 1 aliphatic rings. The highest BCUT2D eigenvalue weighted by atomic mass is 16.4. The van der Waals surface area contributed by atoms with Gasteiger partial charge in [-0.1, -0.05) is 6.92 Å². The number of aliphatic carboxylic acids is 1. The van der Waals surface area contributed by atoms with Gasteiger partial charge in [0.15, 0.2) is 0 Å². The summed E-state index contributed by atoms with van der Waals surface area (Å²) >= 11 is 0. The average Bonchev–Trinajstić information content (AvgIpc) is 3.03. The first-order valence-corrected chi connectivity index (χ1v) is 6.70. The van der Waals surface area contributed by atoms with Crippen molar-refractivity contribution in [2.24, 2.45) is 0 Å². The molecule has 0 bridgehead atoms. The number of nitrogens with zero attached hydrogens (tertiary/aromatic N) is 2. The molecule has 110 valence electrons. The molecule has 1 atom stereocenters. The molecule has 0 aromatic carbocycles. The van der Waals surface area contributed by atoms with Crippen LogP contribution in [0, 0.1) is 0 Å². The van der Waals surface area contributed by atoms with Crippen molar-refractivity contribution < 1.29 is 19.1 Å². The zero-order valence-electron chi connectivity index (χ0n) is 11.7. The lowest BCUT2D eigenvalue weighted by molar-refractivity contribution is -0.147. The number of aryl methyl sites for hydroxylation is 1. The quantitative estimate of drug-likeness (QED) is 0.869. The van der Waals surface area contributed by atoms with E-state index in [1.807, 2.05) is 6.92 Å². The van der Waals surface area contributed by atoms with Crippen molar-refractivity contribution in [2.45, 2.75) is 45.2 Å². The largest absolute Gasteiger partial charge is 0.480 e. The van der Waals surface area contributed by atoms with Gasteiger partial charge in [-0.15, -0.1) is 0 Å². The van der Waals surface area contributed by atoms with Crippen molar-refractivity contribution in [1.29, 1.82) is 0 Å². The van der Waals surface area contributed by atoms with Gasteiger partial charge in [-0.3, -0.25) is 0 Å². The number of amides is 2. The molecule has 1 aromatic heterocycles. The second-order valence-corrected chi connectivity index (χ2v) is 5.07. The number of oxazole rings is 1. The summed E-state index contributed by atoms with van der Waals surface area (Å²) in [5, 5.41) is 11.9. The monoisotopic (exact) mass is 281 g/mol. The molecule has 0 spiro atoms. The second-order valence-electron chi connectivity index (χ2n) is 5.07. The molecule has 7 heteroatoms. The van der Waals surface area contributed by atoms with Crippen LogP contribution >= 0.6 is 0 Å². The van der Waals surface area contributed by atoms with Crippen LogP contribution in [0.2, 0.25) is 0 Å². The number of hydrogen-bond donors (Lipinski definition) is 2. The molecule has 1 aliphatic heterocycles. The molecule has 0 radical (unpaired) electrons. The molecule has 2 N–H and O–H groups in total. The van der Waals surface area contributed by atoms with Crippen molar-refractivity contribution in [2.75, 3.05) is 6.54 Å². The smallest absolute Gasteiger partial charge is 0.329 e. The first-order chi connectivity index (χ1) is 9.47. The first-order valence-electron chi connectivity index (χ1n) is 6.70. The second kappa shape index (κ2) is 5.52. The van der Waals surface area contributed by atoms with Crippen molar-refractivity contribution >= 4 is 12.0 Å². The van der Waals surface area contributed by atoms with Gasteiger partial charge in [0.05, 0.1) is 12.7 Å². The molecule has 20 heavy (non-hydrogen) atoms. The summed E-state index contributed by atoms with van der Waals surface area (Å²) in [5.74, 6) is 0.201. The Morgan fingerprint density at radius 2 is 2.35 bits per heavy atom. The SMILES string of the molecule is CCc1cnc(CNC(=O)N2CCCC2(C)C(=O)O)o1. The highest BCUT2D eigenvalue weighted by Crippen LogP contribution is 2.29. The van der Waals surface area contributed by atoms with Gasteiger partial charge >= 0.3 is 12.0 Å². The van der Waals surface area contributed by atoms with E-state index in [2.05, 4.69) is 10.3 Å². The standard InChI is InChI=1S/C13H19N3O4/c1-3-9-7-14-10(20-9)8-15-12(19)16-6-4-5-13(16,2)11(17)18/h7H,3-6,8H2,1-2H3,(H,15,19)(H,17,18). The number of rotatable bonds is 4. The van der Waals surface area contributed by atoms with E-state index in [0.717, 1.165) is 12.2 Å². The molecule has 0 saturated carbocycles. The number of carbonyl (C=O) groups excluding carboxylic acids is 1. The summed E-state index contributed by atoms with van der Waals surface area (Å²) in [6, 6.07) is -0.399. The third kappa shape index (κ3) is 2.61. The summed E-state index contributed by atoms with van der Waals surface area (Å²) in [4.78, 5) is 28.8. The minimum Gasteiger partial charge on any atom is -0.480 e. The van der Waals surface area contributed by atoms with E-state index < -0.39 is 17.5 Å². The summed E-state index contributed by atoms with van der Waals surface area (Å²) in [7, 11) is 0. The zero-order valence-corrected chi connectivity index (χ0v) is 11.7. The van der Waals surface area contributed by atoms with Crippen LogP contribution in [0.15, 0.2) is 10.6 Å². The van der Waals surface area contributed by atoms with E-state index in [4.69, 9.17) is 4.42 Å². The van der Waals surface area contributed by atoms with E-state index in [-0.39, 0.29) is 6.54 Å². The number of nitrogens with one attached hydrogen (secondary N) is 1. The number of aromatic nitrogens is 1. The van der Waals surface area contributed by atoms with Gasteiger partial charge < -0.3 is 19.7 Å². The zero-order chi connectivity index (χ0) is 14.8. The lowest BCUT2D eigenvalue weighted by atomic mass is 10.00. The van der Waals surface area contributed by atoms with Crippen molar-refractivity contribution in [3.8, 4) is 0 Å². The Bertz CT molecular complexity index is 513. The van der Waals surface area contributed by atoms with Gasteiger partial charge in [0.2, 0.25) is 5.89 Å². The summed E-state index contributed by atoms with van der Waals surface area (Å²) in [6.45, 7) is 4.12. The van der Waals surface area contributed by atoms with E-state index in [1.165, 1.54) is 4.90 Å². The van der Waals surface area contributed by atoms with Crippen LogP contribution in [0.3, 0.4) is 0 Å². The maximum absolute atomic E-state index is 12.1. The fourth-order valence-electron chi connectivity index (χ4n) is 2.35. The van der Waals surface area contributed by atoms with Gasteiger partial charge in [-0.05, 0) is 19.8 Å². The van der Waals surface area contributed by atoms with Gasteiger partial charge in [0.1, 0.15) is 11.3 Å². The molecular formula is C13H19N3O4. The Morgan fingerprint density at radius 1 is 1.60 bits per heavy atom. The molecule has 2 heterocycles. The Balaban J connectivity index is 1.96. The minimum atomic E-state index is -1.13. The summed E-state index contributed by atoms with van der Waals surface area (Å²) < 4.78 is 5.38. The lowest BCUT2D eigenvalue weighted by Gasteiger charge is -2.30. The van der Waals surface area contributed by atoms with Gasteiger partial charge in [0, 0.05) is 13.0 Å². The van der Waals surface area contributed by atoms with Gasteiger partial charge in [-0.2, -0.15) is 0 Å². The fraction of sp³-hybridized carbons (Fsp3) is 0.615. The lowest BCUT2D eigenvalue weighted by Crippen LogP contribution is -2.53. The molecule has 1 fully saturated rings. The molecule has 2 rings (SSSR count). The van der Waals surface area contributed by atoms with Crippen molar-refractivity contribution in [1.82, 2.24) is 15.2 Å². The fourth-order valence-corrected chi connectivity index (χ4v) is 2.35. The molecule has 1 saturated heterocycles. The van der Waals surface area contributed by atoms with Crippen LogP contribution in [-0.2, 0) is 17.8 Å². The summed E-state index contributed by atoms with van der Waals surface area (Å²) in [6.07, 6.45) is 3.52. The molecule has 1 aromatic rings. The highest BCUT2D eigenvalue weighted by Gasteiger charge is 2.45. The van der Waals surface area contributed by atoms with Crippen LogP contribution in [0.25, 0.3) is 0 Å². The molecule has 0 aliphatic carbocycles. The number of carboxylic acids is 1. The normalized spacial score (nSPS) is 22.0. The van der Waals surface area contributed by atoms with E-state index >= 15 is 0 Å². The predicted octanol–water partition coefficient (Wildman–Crippen LogP) is 1.39. The van der Waals surface area contributed by atoms with Crippen LogP contribution in [-0.4, -0.2) is 39.1 Å². The van der Waals surface area contributed by atoms with Gasteiger partial charge in [-0.25, -0.2) is 14.6 Å². The number of carbonyl (C=O) groups is 2. The third-order valence-electron chi connectivity index (χ3n) is 3.69. The minimum absolute atomic E-state index is 0.158. The number of carboxylic acid groups (broad SMARTS) is 1. The predicted molar refractivity (Wildman–Crippen MR) is 70.1 cm³/mol. The highest BCUT2D eigenvalue weighted by molar-refractivity contribution is 5.86.